The van der Waals surface area contributed by atoms with E-state index in [0.29, 0.717) is 11.4 Å². The molecule has 17 heavy (non-hydrogen) atoms. The van der Waals surface area contributed by atoms with Crippen LogP contribution in [-0.4, -0.2) is 21.2 Å². The molecular formula is C12H20N2O2S. The largest absolute Gasteiger partial charge is 0.330 e. The van der Waals surface area contributed by atoms with E-state index in [1.54, 1.807) is 24.3 Å². The quantitative estimate of drug-likeness (QED) is 0.749. The highest BCUT2D eigenvalue weighted by Crippen LogP contribution is 2.18. The molecule has 5 heteroatoms. The second-order valence-corrected chi connectivity index (χ2v) is 6.25. The van der Waals surface area contributed by atoms with Gasteiger partial charge >= 0.3 is 0 Å². The minimum absolute atomic E-state index is 0.0461. The predicted octanol–water partition coefficient (Wildman–Crippen LogP) is 1.22. The molecule has 0 aromatic heterocycles. The van der Waals surface area contributed by atoms with Crippen molar-refractivity contribution >= 4 is 9.84 Å². The fourth-order valence-electron chi connectivity index (χ4n) is 1.64. The molecule has 0 aliphatic rings. The van der Waals surface area contributed by atoms with Crippen LogP contribution in [0.25, 0.3) is 0 Å². The number of hydrogen-bond donors (Lipinski definition) is 2. The first-order chi connectivity index (χ1) is 7.95. The molecule has 0 saturated carbocycles. The lowest BCUT2D eigenvalue weighted by atomic mass is 10.0. The van der Waals surface area contributed by atoms with E-state index >= 15 is 0 Å². The van der Waals surface area contributed by atoms with Gasteiger partial charge in [0.1, 0.15) is 0 Å². The molecule has 4 nitrogen and oxygen atoms in total. The van der Waals surface area contributed by atoms with E-state index in [2.05, 4.69) is 0 Å². The van der Waals surface area contributed by atoms with Gasteiger partial charge in [0.15, 0.2) is 9.84 Å². The van der Waals surface area contributed by atoms with Gasteiger partial charge in [-0.05, 0) is 37.1 Å². The first-order valence-electron chi connectivity index (χ1n) is 5.71. The van der Waals surface area contributed by atoms with Crippen molar-refractivity contribution in [1.29, 1.82) is 0 Å². The molecule has 1 aromatic carbocycles. The number of benzene rings is 1. The van der Waals surface area contributed by atoms with Gasteiger partial charge in [0.25, 0.3) is 0 Å². The molecule has 0 spiro atoms. The lowest BCUT2D eigenvalue weighted by Gasteiger charge is -2.12. The molecule has 96 valence electrons. The standard InChI is InChI=1S/C12H20N2O2S/c1-17(15,16)11-7-5-10(6-8-11)12(14)4-2-3-9-13/h5-8,12H,2-4,9,13-14H2,1H3/t12-/m1/s1. The fourth-order valence-corrected chi connectivity index (χ4v) is 2.27. The molecule has 4 N–H and O–H groups in total. The highest BCUT2D eigenvalue weighted by Gasteiger charge is 2.09. The van der Waals surface area contributed by atoms with Crippen LogP contribution in [0.2, 0.25) is 0 Å². The van der Waals surface area contributed by atoms with E-state index < -0.39 is 9.84 Å². The van der Waals surface area contributed by atoms with Crippen LogP contribution in [0.1, 0.15) is 30.9 Å². The molecule has 0 amide bonds. The molecule has 0 fully saturated rings. The van der Waals surface area contributed by atoms with Crippen LogP contribution in [0.5, 0.6) is 0 Å². The zero-order chi connectivity index (χ0) is 12.9. The lowest BCUT2D eigenvalue weighted by Crippen LogP contribution is -2.11. The van der Waals surface area contributed by atoms with Crippen LogP contribution in [0, 0.1) is 0 Å². The Morgan fingerprint density at radius 2 is 1.76 bits per heavy atom. The molecule has 0 radical (unpaired) electrons. The Morgan fingerprint density at radius 3 is 2.24 bits per heavy atom. The number of rotatable bonds is 6. The van der Waals surface area contributed by atoms with Crippen molar-refractivity contribution in [1.82, 2.24) is 0 Å². The van der Waals surface area contributed by atoms with E-state index in [-0.39, 0.29) is 6.04 Å². The summed E-state index contributed by atoms with van der Waals surface area (Å²) in [6, 6.07) is 6.73. The normalized spacial score (nSPS) is 13.6. The zero-order valence-electron chi connectivity index (χ0n) is 10.1. The average molecular weight is 256 g/mol. The molecule has 1 aromatic rings. The van der Waals surface area contributed by atoms with E-state index in [9.17, 15) is 8.42 Å². The summed E-state index contributed by atoms with van der Waals surface area (Å²) in [5.74, 6) is 0. The van der Waals surface area contributed by atoms with E-state index in [1.165, 1.54) is 6.26 Å². The third-order valence-corrected chi connectivity index (χ3v) is 3.83. The van der Waals surface area contributed by atoms with Crippen molar-refractivity contribution in [3.8, 4) is 0 Å². The fraction of sp³-hybridized carbons (Fsp3) is 0.500. The first kappa shape index (κ1) is 14.2. The number of sulfone groups is 1. The maximum atomic E-state index is 11.3. The molecule has 0 heterocycles. The third kappa shape index (κ3) is 4.46. The summed E-state index contributed by atoms with van der Waals surface area (Å²) in [6.45, 7) is 0.680. The summed E-state index contributed by atoms with van der Waals surface area (Å²) in [6.07, 6.45) is 4.03. The Hall–Kier alpha value is -0.910. The van der Waals surface area contributed by atoms with Crippen LogP contribution < -0.4 is 11.5 Å². The Labute approximate surface area is 103 Å². The van der Waals surface area contributed by atoms with Gasteiger partial charge in [-0.15, -0.1) is 0 Å². The van der Waals surface area contributed by atoms with Gasteiger partial charge in [-0.3, -0.25) is 0 Å². The molecular weight excluding hydrogens is 236 g/mol. The van der Waals surface area contributed by atoms with Crippen molar-refractivity contribution in [3.05, 3.63) is 29.8 Å². The van der Waals surface area contributed by atoms with Crippen molar-refractivity contribution in [2.24, 2.45) is 11.5 Å². The van der Waals surface area contributed by atoms with Crippen molar-refractivity contribution in [3.63, 3.8) is 0 Å². The van der Waals surface area contributed by atoms with Crippen molar-refractivity contribution in [2.75, 3.05) is 12.8 Å². The predicted molar refractivity (Wildman–Crippen MR) is 69.4 cm³/mol. The second-order valence-electron chi connectivity index (χ2n) is 4.23. The number of unbranched alkanes of at least 4 members (excludes halogenated alkanes) is 1. The van der Waals surface area contributed by atoms with Gasteiger partial charge in [0.05, 0.1) is 4.90 Å². The molecule has 0 bridgehead atoms. The SMILES string of the molecule is CS(=O)(=O)c1ccc([C@H](N)CCCCN)cc1. The molecule has 0 aliphatic carbocycles. The van der Waals surface area contributed by atoms with E-state index in [1.807, 2.05) is 0 Å². The van der Waals surface area contributed by atoms with E-state index in [4.69, 9.17) is 11.5 Å². The Morgan fingerprint density at radius 1 is 1.18 bits per heavy atom. The number of hydrogen-bond acceptors (Lipinski definition) is 4. The van der Waals surface area contributed by atoms with Crippen LogP contribution >= 0.6 is 0 Å². The molecule has 1 rings (SSSR count). The highest BCUT2D eigenvalue weighted by atomic mass is 32.2. The summed E-state index contributed by atoms with van der Waals surface area (Å²) in [5.41, 5.74) is 12.4. The molecule has 0 aliphatic heterocycles. The van der Waals surface area contributed by atoms with Gasteiger partial charge in [0, 0.05) is 12.3 Å². The third-order valence-electron chi connectivity index (χ3n) is 2.71. The van der Waals surface area contributed by atoms with Crippen LogP contribution in [0.3, 0.4) is 0 Å². The smallest absolute Gasteiger partial charge is 0.175 e. The van der Waals surface area contributed by atoms with Gasteiger partial charge in [-0.2, -0.15) is 0 Å². The number of nitrogens with two attached hydrogens (primary N) is 2. The maximum Gasteiger partial charge on any atom is 0.175 e. The molecule has 1 atom stereocenters. The summed E-state index contributed by atoms with van der Waals surface area (Å²) in [7, 11) is -3.12. The Balaban J connectivity index is 2.67. The van der Waals surface area contributed by atoms with Crippen LogP contribution in [-0.2, 0) is 9.84 Å². The molecule has 0 unspecified atom stereocenters. The summed E-state index contributed by atoms with van der Waals surface area (Å²) in [5, 5.41) is 0. The first-order valence-corrected chi connectivity index (χ1v) is 7.60. The van der Waals surface area contributed by atoms with Crippen LogP contribution in [0.4, 0.5) is 0 Å². The average Bonchev–Trinajstić information content (AvgIpc) is 2.28. The van der Waals surface area contributed by atoms with Crippen molar-refractivity contribution < 1.29 is 8.42 Å². The van der Waals surface area contributed by atoms with Gasteiger partial charge in [0.2, 0.25) is 0 Å². The summed E-state index contributed by atoms with van der Waals surface area (Å²) < 4.78 is 22.6. The monoisotopic (exact) mass is 256 g/mol. The van der Waals surface area contributed by atoms with E-state index in [0.717, 1.165) is 24.8 Å². The Bertz CT molecular complexity index is 440. The summed E-state index contributed by atoms with van der Waals surface area (Å²) >= 11 is 0. The van der Waals surface area contributed by atoms with Crippen molar-refractivity contribution in [2.45, 2.75) is 30.2 Å². The highest BCUT2D eigenvalue weighted by molar-refractivity contribution is 7.90. The van der Waals surface area contributed by atoms with Gasteiger partial charge in [-0.1, -0.05) is 18.6 Å². The Kier molecular flexibility index (Phi) is 5.11. The zero-order valence-corrected chi connectivity index (χ0v) is 10.9. The summed E-state index contributed by atoms with van der Waals surface area (Å²) in [4.78, 5) is 0.329. The second kappa shape index (κ2) is 6.14. The van der Waals surface area contributed by atoms with Gasteiger partial charge in [-0.25, -0.2) is 8.42 Å². The van der Waals surface area contributed by atoms with Gasteiger partial charge < -0.3 is 11.5 Å². The molecule has 0 saturated heterocycles. The lowest BCUT2D eigenvalue weighted by molar-refractivity contribution is 0.589. The topological polar surface area (TPSA) is 86.2 Å². The maximum absolute atomic E-state index is 11.3. The van der Waals surface area contributed by atoms with Crippen LogP contribution in [0.15, 0.2) is 29.2 Å². The minimum atomic E-state index is -3.12. The minimum Gasteiger partial charge on any atom is -0.330 e.